The molecule has 0 saturated carbocycles. The molecule has 2 aromatic rings. The summed E-state index contributed by atoms with van der Waals surface area (Å²) in [5.74, 6) is 0.673. The van der Waals surface area contributed by atoms with Crippen LogP contribution in [0.5, 0.6) is 0 Å². The molecule has 0 saturated heterocycles. The third kappa shape index (κ3) is 3.29. The first-order valence-corrected chi connectivity index (χ1v) is 5.63. The van der Waals surface area contributed by atoms with Gasteiger partial charge < -0.3 is 16.5 Å². The fourth-order valence-electron chi connectivity index (χ4n) is 1.47. The van der Waals surface area contributed by atoms with Crippen LogP contribution in [0.3, 0.4) is 0 Å². The Morgan fingerprint density at radius 2 is 1.74 bits per heavy atom. The number of anilines is 4. The molecule has 1 aromatic carbocycles. The van der Waals surface area contributed by atoms with E-state index in [0.29, 0.717) is 23.0 Å². The molecule has 4 N–H and O–H groups in total. The Bertz CT molecular complexity index is 555. The van der Waals surface area contributed by atoms with Gasteiger partial charge in [-0.3, -0.25) is 0 Å². The second-order valence-corrected chi connectivity index (χ2v) is 4.12. The van der Waals surface area contributed by atoms with Crippen molar-refractivity contribution in [3.05, 3.63) is 36.4 Å². The summed E-state index contributed by atoms with van der Waals surface area (Å²) in [6, 6.07) is 5.93. The molecular formula is C12H15FN6. The fourth-order valence-corrected chi connectivity index (χ4v) is 1.47. The van der Waals surface area contributed by atoms with Crippen LogP contribution in [0.2, 0.25) is 0 Å². The Balaban J connectivity index is 2.23. The Kier molecular flexibility index (Phi) is 3.76. The average Bonchev–Trinajstić information content (AvgIpc) is 2.36. The number of hydrazine groups is 1. The van der Waals surface area contributed by atoms with Crippen LogP contribution >= 0.6 is 0 Å². The van der Waals surface area contributed by atoms with Crippen molar-refractivity contribution in [3.63, 3.8) is 0 Å². The maximum Gasteiger partial charge on any atom is 0.169 e. The molecule has 100 valence electrons. The average molecular weight is 262 g/mol. The zero-order valence-corrected chi connectivity index (χ0v) is 10.7. The number of hydrogen-bond donors (Lipinski definition) is 3. The van der Waals surface area contributed by atoms with Crippen LogP contribution < -0.4 is 16.5 Å². The van der Waals surface area contributed by atoms with Gasteiger partial charge in [0, 0.05) is 19.8 Å². The normalized spacial score (nSPS) is 10.5. The molecule has 0 aliphatic rings. The van der Waals surface area contributed by atoms with Crippen molar-refractivity contribution in [1.82, 2.24) is 15.0 Å². The van der Waals surface area contributed by atoms with Crippen molar-refractivity contribution >= 4 is 23.0 Å². The van der Waals surface area contributed by atoms with Crippen LogP contribution in [0.25, 0.3) is 0 Å². The molecule has 0 aliphatic carbocycles. The number of nitrogens with two attached hydrogens (primary N) is 1. The Morgan fingerprint density at radius 3 is 2.37 bits per heavy atom. The topological polar surface area (TPSA) is 79.1 Å². The minimum Gasteiger partial charge on any atom is -0.393 e. The predicted octanol–water partition coefficient (Wildman–Crippen LogP) is 1.83. The van der Waals surface area contributed by atoms with Crippen molar-refractivity contribution in [3.8, 4) is 0 Å². The minimum absolute atomic E-state index is 0.295. The number of nitrogens with zero attached hydrogens (tertiary/aromatic N) is 3. The summed E-state index contributed by atoms with van der Waals surface area (Å²) in [5, 5.41) is 4.73. The highest BCUT2D eigenvalue weighted by Gasteiger charge is 2.08. The van der Waals surface area contributed by atoms with E-state index in [4.69, 9.17) is 5.73 Å². The Labute approximate surface area is 110 Å². The third-order valence-electron chi connectivity index (χ3n) is 2.32. The molecular weight excluding hydrogens is 247 g/mol. The Hall–Kier alpha value is -2.41. The predicted molar refractivity (Wildman–Crippen MR) is 73.4 cm³/mol. The molecule has 0 bridgehead atoms. The molecule has 0 radical (unpaired) electrons. The highest BCUT2D eigenvalue weighted by atomic mass is 19.1. The first kappa shape index (κ1) is 13.0. The second-order valence-electron chi connectivity index (χ2n) is 4.12. The largest absolute Gasteiger partial charge is 0.393 e. The number of aromatic nitrogens is 2. The zero-order chi connectivity index (χ0) is 13.8. The van der Waals surface area contributed by atoms with E-state index >= 15 is 0 Å². The number of halogens is 1. The zero-order valence-electron chi connectivity index (χ0n) is 10.7. The Morgan fingerprint density at radius 1 is 1.11 bits per heavy atom. The maximum absolute atomic E-state index is 12.8. The van der Waals surface area contributed by atoms with Gasteiger partial charge in [0.15, 0.2) is 11.6 Å². The van der Waals surface area contributed by atoms with Crippen LogP contribution in [-0.4, -0.2) is 29.1 Å². The molecule has 1 heterocycles. The summed E-state index contributed by atoms with van der Waals surface area (Å²) >= 11 is 0. The highest BCUT2D eigenvalue weighted by Crippen LogP contribution is 2.25. The van der Waals surface area contributed by atoms with Gasteiger partial charge in [0.25, 0.3) is 0 Å². The fraction of sp³-hybridized carbons (Fsp3) is 0.167. The van der Waals surface area contributed by atoms with E-state index < -0.39 is 0 Å². The number of benzene rings is 1. The molecule has 19 heavy (non-hydrogen) atoms. The standard InChI is InChI=1S/C12H15FN6/c1-19(2)18-12-10(14)11(15-7-16-12)17-9-5-3-8(13)4-6-9/h3-7H,14H2,1-2H3,(H2,15,16,17,18). The lowest BCUT2D eigenvalue weighted by Gasteiger charge is -2.16. The molecule has 7 heteroatoms. The van der Waals surface area contributed by atoms with Crippen molar-refractivity contribution in [2.45, 2.75) is 0 Å². The van der Waals surface area contributed by atoms with Gasteiger partial charge in [-0.1, -0.05) is 0 Å². The SMILES string of the molecule is CN(C)Nc1ncnc(Nc2ccc(F)cc2)c1N. The molecule has 1 aromatic heterocycles. The van der Waals surface area contributed by atoms with Crippen LogP contribution in [0.1, 0.15) is 0 Å². The van der Waals surface area contributed by atoms with Crippen LogP contribution in [-0.2, 0) is 0 Å². The molecule has 0 atom stereocenters. The quantitative estimate of drug-likeness (QED) is 0.729. The van der Waals surface area contributed by atoms with E-state index in [1.165, 1.54) is 18.5 Å². The summed E-state index contributed by atoms with van der Waals surface area (Å²) in [6.07, 6.45) is 1.40. The van der Waals surface area contributed by atoms with Crippen molar-refractivity contribution < 1.29 is 4.39 Å². The van der Waals surface area contributed by atoms with Gasteiger partial charge in [0.2, 0.25) is 0 Å². The van der Waals surface area contributed by atoms with E-state index in [0.717, 1.165) is 0 Å². The molecule has 0 unspecified atom stereocenters. The van der Waals surface area contributed by atoms with Crippen molar-refractivity contribution in [2.24, 2.45) is 0 Å². The molecule has 0 aliphatic heterocycles. The van der Waals surface area contributed by atoms with Crippen LogP contribution in [0, 0.1) is 5.82 Å². The van der Waals surface area contributed by atoms with Crippen LogP contribution in [0.4, 0.5) is 27.4 Å². The van der Waals surface area contributed by atoms with Crippen LogP contribution in [0.15, 0.2) is 30.6 Å². The number of nitrogen functional groups attached to an aromatic ring is 1. The summed E-state index contributed by atoms with van der Waals surface area (Å²) < 4.78 is 12.8. The first-order chi connectivity index (χ1) is 9.06. The van der Waals surface area contributed by atoms with Crippen molar-refractivity contribution in [2.75, 3.05) is 30.6 Å². The first-order valence-electron chi connectivity index (χ1n) is 5.63. The summed E-state index contributed by atoms with van der Waals surface area (Å²) in [4.78, 5) is 8.11. The number of nitrogens with one attached hydrogen (secondary N) is 2. The van der Waals surface area contributed by atoms with Gasteiger partial charge >= 0.3 is 0 Å². The summed E-state index contributed by atoms with van der Waals surface area (Å²) in [6.45, 7) is 0. The molecule has 0 amide bonds. The third-order valence-corrected chi connectivity index (χ3v) is 2.32. The molecule has 0 fully saturated rings. The molecule has 0 spiro atoms. The van der Waals surface area contributed by atoms with Gasteiger partial charge in [-0.05, 0) is 24.3 Å². The van der Waals surface area contributed by atoms with Gasteiger partial charge in [-0.25, -0.2) is 19.4 Å². The maximum atomic E-state index is 12.8. The lowest BCUT2D eigenvalue weighted by molar-refractivity contribution is 0.492. The molecule has 2 rings (SSSR count). The summed E-state index contributed by atoms with van der Waals surface area (Å²) in [7, 11) is 3.66. The van der Waals surface area contributed by atoms with Gasteiger partial charge in [0.1, 0.15) is 17.8 Å². The van der Waals surface area contributed by atoms with E-state index in [-0.39, 0.29) is 5.82 Å². The number of rotatable bonds is 4. The van der Waals surface area contributed by atoms with E-state index in [2.05, 4.69) is 20.7 Å². The van der Waals surface area contributed by atoms with E-state index in [1.54, 1.807) is 17.1 Å². The smallest absolute Gasteiger partial charge is 0.169 e. The lowest BCUT2D eigenvalue weighted by Crippen LogP contribution is -2.21. The van der Waals surface area contributed by atoms with Gasteiger partial charge in [-0.2, -0.15) is 0 Å². The lowest BCUT2D eigenvalue weighted by atomic mass is 10.3. The minimum atomic E-state index is -0.295. The summed E-state index contributed by atoms with van der Waals surface area (Å²) in [5.41, 5.74) is 10.0. The molecule has 6 nitrogen and oxygen atoms in total. The number of hydrogen-bond acceptors (Lipinski definition) is 6. The van der Waals surface area contributed by atoms with Crippen molar-refractivity contribution in [1.29, 1.82) is 0 Å². The van der Waals surface area contributed by atoms with E-state index in [9.17, 15) is 4.39 Å². The van der Waals surface area contributed by atoms with E-state index in [1.807, 2.05) is 14.1 Å². The highest BCUT2D eigenvalue weighted by molar-refractivity contribution is 5.77. The second kappa shape index (κ2) is 5.49. The van der Waals surface area contributed by atoms with Gasteiger partial charge in [0.05, 0.1) is 0 Å². The monoisotopic (exact) mass is 262 g/mol. The van der Waals surface area contributed by atoms with Gasteiger partial charge in [-0.15, -0.1) is 0 Å².